The molecule has 0 saturated carbocycles. The number of aromatic nitrogens is 1. The number of nitro groups is 1. The molecule has 15 heavy (non-hydrogen) atoms. The van der Waals surface area contributed by atoms with E-state index in [4.69, 9.17) is 15.2 Å². The third-order valence-corrected chi connectivity index (χ3v) is 1.58. The van der Waals surface area contributed by atoms with Gasteiger partial charge in [-0.2, -0.15) is 4.98 Å². The zero-order valence-electron chi connectivity index (χ0n) is 8.17. The number of hydrogen-bond donors (Lipinski definition) is 1. The van der Waals surface area contributed by atoms with Crippen LogP contribution < -0.4 is 15.2 Å². The van der Waals surface area contributed by atoms with Gasteiger partial charge in [0, 0.05) is 18.7 Å². The highest BCUT2D eigenvalue weighted by atomic mass is 16.6. The Morgan fingerprint density at radius 1 is 1.60 bits per heavy atom. The smallest absolute Gasteiger partial charge is 0.331 e. The number of pyridine rings is 1. The molecule has 1 heterocycles. The summed E-state index contributed by atoms with van der Waals surface area (Å²) >= 11 is 0. The van der Waals surface area contributed by atoms with Gasteiger partial charge in [-0.25, -0.2) is 0 Å². The van der Waals surface area contributed by atoms with Crippen LogP contribution in [0.4, 0.5) is 5.69 Å². The first-order valence-corrected chi connectivity index (χ1v) is 4.21. The van der Waals surface area contributed by atoms with E-state index in [0.717, 1.165) is 0 Å². The third kappa shape index (κ3) is 2.78. The Morgan fingerprint density at radius 3 is 2.87 bits per heavy atom. The molecule has 0 saturated heterocycles. The fourth-order valence-corrected chi connectivity index (χ4v) is 0.931. The molecule has 0 aliphatic rings. The van der Waals surface area contributed by atoms with Crippen molar-refractivity contribution in [2.75, 3.05) is 20.3 Å². The van der Waals surface area contributed by atoms with Crippen molar-refractivity contribution in [3.63, 3.8) is 0 Å². The SMILES string of the molecule is COc1ccc([N+](=O)[O-])c(OCCN)n1. The van der Waals surface area contributed by atoms with Crippen molar-refractivity contribution in [3.8, 4) is 11.8 Å². The summed E-state index contributed by atoms with van der Waals surface area (Å²) in [5.74, 6) is 0.178. The van der Waals surface area contributed by atoms with Crippen LogP contribution in [0, 0.1) is 10.1 Å². The quantitative estimate of drug-likeness (QED) is 0.559. The predicted octanol–water partition coefficient (Wildman–Crippen LogP) is 0.336. The molecule has 7 heteroatoms. The molecule has 82 valence electrons. The van der Waals surface area contributed by atoms with Gasteiger partial charge in [0.2, 0.25) is 5.88 Å². The normalized spacial score (nSPS) is 9.73. The Kier molecular flexibility index (Phi) is 3.81. The minimum absolute atomic E-state index is 0.0789. The first-order valence-electron chi connectivity index (χ1n) is 4.21. The van der Waals surface area contributed by atoms with Crippen LogP contribution in [0.15, 0.2) is 12.1 Å². The van der Waals surface area contributed by atoms with Gasteiger partial charge in [0.1, 0.15) is 6.61 Å². The molecule has 0 amide bonds. The number of hydrogen-bond acceptors (Lipinski definition) is 6. The molecule has 0 unspecified atom stereocenters. The van der Waals surface area contributed by atoms with E-state index in [2.05, 4.69) is 4.98 Å². The highest BCUT2D eigenvalue weighted by molar-refractivity contribution is 5.42. The van der Waals surface area contributed by atoms with E-state index >= 15 is 0 Å². The van der Waals surface area contributed by atoms with Crippen molar-refractivity contribution < 1.29 is 14.4 Å². The van der Waals surface area contributed by atoms with E-state index in [1.54, 1.807) is 0 Å². The molecule has 0 aromatic carbocycles. The Labute approximate surface area is 86.0 Å². The molecule has 0 atom stereocenters. The lowest BCUT2D eigenvalue weighted by molar-refractivity contribution is -0.386. The Balaban J connectivity index is 2.99. The number of ether oxygens (including phenoxy) is 2. The standard InChI is InChI=1S/C8H11N3O4/c1-14-7-3-2-6(11(12)13)8(10-7)15-5-4-9/h2-3H,4-5,9H2,1H3. The van der Waals surface area contributed by atoms with E-state index < -0.39 is 4.92 Å². The zero-order chi connectivity index (χ0) is 11.3. The first-order chi connectivity index (χ1) is 7.19. The molecule has 0 aliphatic heterocycles. The molecule has 0 radical (unpaired) electrons. The molecule has 0 aliphatic carbocycles. The molecule has 2 N–H and O–H groups in total. The molecule has 1 aromatic rings. The summed E-state index contributed by atoms with van der Waals surface area (Å²) in [6, 6.07) is 2.67. The van der Waals surface area contributed by atoms with Crippen molar-refractivity contribution in [3.05, 3.63) is 22.2 Å². The average molecular weight is 213 g/mol. The maximum absolute atomic E-state index is 10.6. The number of methoxy groups -OCH3 is 1. The molecule has 0 spiro atoms. The number of nitrogens with two attached hydrogens (primary N) is 1. The Morgan fingerprint density at radius 2 is 2.33 bits per heavy atom. The van der Waals surface area contributed by atoms with E-state index in [1.165, 1.54) is 19.2 Å². The summed E-state index contributed by atoms with van der Waals surface area (Å²) in [4.78, 5) is 13.8. The highest BCUT2D eigenvalue weighted by Gasteiger charge is 2.17. The maximum Gasteiger partial charge on any atom is 0.331 e. The third-order valence-electron chi connectivity index (χ3n) is 1.58. The molecule has 0 fully saturated rings. The van der Waals surface area contributed by atoms with Crippen LogP contribution in [-0.2, 0) is 0 Å². The van der Waals surface area contributed by atoms with Crippen LogP contribution >= 0.6 is 0 Å². The molecule has 1 rings (SSSR count). The van der Waals surface area contributed by atoms with Crippen molar-refractivity contribution >= 4 is 5.69 Å². The fraction of sp³-hybridized carbons (Fsp3) is 0.375. The van der Waals surface area contributed by atoms with E-state index in [1.807, 2.05) is 0 Å². The van der Waals surface area contributed by atoms with Crippen LogP contribution in [0.1, 0.15) is 0 Å². The molecular weight excluding hydrogens is 202 g/mol. The Hall–Kier alpha value is -1.89. The second-order valence-electron chi connectivity index (χ2n) is 2.57. The topological polar surface area (TPSA) is 101 Å². The Bertz CT molecular complexity index is 356. The van der Waals surface area contributed by atoms with Gasteiger partial charge < -0.3 is 15.2 Å². The number of nitrogens with zero attached hydrogens (tertiary/aromatic N) is 2. The van der Waals surface area contributed by atoms with Gasteiger partial charge in [0.25, 0.3) is 5.88 Å². The van der Waals surface area contributed by atoms with E-state index in [0.29, 0.717) is 0 Å². The summed E-state index contributed by atoms with van der Waals surface area (Å²) < 4.78 is 9.86. The van der Waals surface area contributed by atoms with Gasteiger partial charge >= 0.3 is 5.69 Å². The first kappa shape index (κ1) is 11.2. The van der Waals surface area contributed by atoms with Gasteiger partial charge in [-0.3, -0.25) is 10.1 Å². The van der Waals surface area contributed by atoms with E-state index in [-0.39, 0.29) is 30.6 Å². The molecule has 1 aromatic heterocycles. The van der Waals surface area contributed by atoms with Crippen LogP contribution in [0.25, 0.3) is 0 Å². The molecule has 0 bridgehead atoms. The van der Waals surface area contributed by atoms with Crippen molar-refractivity contribution in [1.82, 2.24) is 4.98 Å². The van der Waals surface area contributed by atoms with Crippen LogP contribution in [0.3, 0.4) is 0 Å². The monoisotopic (exact) mass is 213 g/mol. The lowest BCUT2D eigenvalue weighted by Gasteiger charge is -2.05. The second-order valence-corrected chi connectivity index (χ2v) is 2.57. The summed E-state index contributed by atoms with van der Waals surface area (Å²) in [5, 5.41) is 10.6. The van der Waals surface area contributed by atoms with Crippen molar-refractivity contribution in [2.24, 2.45) is 5.73 Å². The second kappa shape index (κ2) is 5.11. The lowest BCUT2D eigenvalue weighted by atomic mass is 10.4. The van der Waals surface area contributed by atoms with E-state index in [9.17, 15) is 10.1 Å². The van der Waals surface area contributed by atoms with Gasteiger partial charge in [0.05, 0.1) is 12.0 Å². The molecule has 7 nitrogen and oxygen atoms in total. The molecular formula is C8H11N3O4. The van der Waals surface area contributed by atoms with Crippen LogP contribution in [-0.4, -0.2) is 30.2 Å². The van der Waals surface area contributed by atoms with Crippen LogP contribution in [0.5, 0.6) is 11.8 Å². The number of rotatable bonds is 5. The zero-order valence-corrected chi connectivity index (χ0v) is 8.17. The van der Waals surface area contributed by atoms with Crippen molar-refractivity contribution in [2.45, 2.75) is 0 Å². The minimum atomic E-state index is -0.571. The van der Waals surface area contributed by atoms with Gasteiger partial charge in [-0.05, 0) is 0 Å². The van der Waals surface area contributed by atoms with Crippen molar-refractivity contribution in [1.29, 1.82) is 0 Å². The average Bonchev–Trinajstić information content (AvgIpc) is 2.25. The summed E-state index contributed by atoms with van der Waals surface area (Å²) in [7, 11) is 1.42. The lowest BCUT2D eigenvalue weighted by Crippen LogP contribution is -2.12. The highest BCUT2D eigenvalue weighted by Crippen LogP contribution is 2.26. The summed E-state index contributed by atoms with van der Waals surface area (Å²) in [6.45, 7) is 0.428. The summed E-state index contributed by atoms with van der Waals surface area (Å²) in [6.07, 6.45) is 0. The summed E-state index contributed by atoms with van der Waals surface area (Å²) in [5.41, 5.74) is 5.01. The van der Waals surface area contributed by atoms with Gasteiger partial charge in [-0.1, -0.05) is 0 Å². The van der Waals surface area contributed by atoms with Crippen LogP contribution in [0.2, 0.25) is 0 Å². The maximum atomic E-state index is 10.6. The minimum Gasteiger partial charge on any atom is -0.481 e. The van der Waals surface area contributed by atoms with Gasteiger partial charge in [-0.15, -0.1) is 0 Å². The predicted molar refractivity (Wildman–Crippen MR) is 52.0 cm³/mol. The fourth-order valence-electron chi connectivity index (χ4n) is 0.931. The largest absolute Gasteiger partial charge is 0.481 e. The van der Waals surface area contributed by atoms with Gasteiger partial charge in [0.15, 0.2) is 0 Å².